The van der Waals surface area contributed by atoms with Gasteiger partial charge in [-0.3, -0.25) is 4.79 Å². The van der Waals surface area contributed by atoms with Crippen LogP contribution in [0, 0.1) is 0 Å². The van der Waals surface area contributed by atoms with Crippen LogP contribution in [0.3, 0.4) is 0 Å². The Hall–Kier alpha value is -1.61. The molecule has 1 aliphatic carbocycles. The van der Waals surface area contributed by atoms with Crippen molar-refractivity contribution in [3.63, 3.8) is 0 Å². The minimum Gasteiger partial charge on any atom is -0.349 e. The van der Waals surface area contributed by atoms with Crippen molar-refractivity contribution in [2.24, 2.45) is 0 Å². The molecule has 0 radical (unpaired) electrons. The van der Waals surface area contributed by atoms with Gasteiger partial charge in [0.2, 0.25) is 5.91 Å². The lowest BCUT2D eigenvalue weighted by Gasteiger charge is -2.26. The van der Waals surface area contributed by atoms with Crippen LogP contribution in [0.2, 0.25) is 0 Å². The van der Waals surface area contributed by atoms with Crippen LogP contribution in [0.4, 0.5) is 0 Å². The normalized spacial score (nSPS) is 18.4. The molecule has 1 aliphatic rings. The summed E-state index contributed by atoms with van der Waals surface area (Å²) in [5.41, 5.74) is 3.65. The first-order valence-corrected chi connectivity index (χ1v) is 8.58. The summed E-state index contributed by atoms with van der Waals surface area (Å²) in [5.74, 6) is 0.130. The maximum atomic E-state index is 12.7. The minimum atomic E-state index is -0.0113. The molecule has 0 aromatic heterocycles. The van der Waals surface area contributed by atoms with Gasteiger partial charge in [-0.25, -0.2) is 0 Å². The predicted molar refractivity (Wildman–Crippen MR) is 92.8 cm³/mol. The van der Waals surface area contributed by atoms with Crippen molar-refractivity contribution in [2.75, 3.05) is 0 Å². The third-order valence-corrected chi connectivity index (χ3v) is 4.94. The monoisotopic (exact) mass is 357 g/mol. The Morgan fingerprint density at radius 1 is 1.18 bits per heavy atom. The number of aryl methyl sites for hydroxylation is 1. The van der Waals surface area contributed by atoms with Crippen molar-refractivity contribution >= 4 is 21.8 Å². The summed E-state index contributed by atoms with van der Waals surface area (Å²) < 4.78 is 1.05. The molecular weight excluding hydrogens is 338 g/mol. The summed E-state index contributed by atoms with van der Waals surface area (Å²) in [6, 6.07) is 16.5. The maximum absolute atomic E-state index is 12.7. The van der Waals surface area contributed by atoms with Crippen LogP contribution >= 0.6 is 15.9 Å². The van der Waals surface area contributed by atoms with Crippen LogP contribution < -0.4 is 5.32 Å². The first-order valence-electron chi connectivity index (χ1n) is 7.79. The van der Waals surface area contributed by atoms with Gasteiger partial charge >= 0.3 is 0 Å². The number of carbonyl (C=O) groups excluding carboxylic acids is 1. The van der Waals surface area contributed by atoms with E-state index < -0.39 is 0 Å². The summed E-state index contributed by atoms with van der Waals surface area (Å²) in [4.78, 5) is 12.7. The van der Waals surface area contributed by atoms with Gasteiger partial charge in [-0.05, 0) is 55.0 Å². The standard InChI is InChI=1S/C19H20BrNO/c1-13(14-9-11-16(20)12-10-14)21-19(22)18-8-4-6-15-5-2-3-7-17(15)18/h2-3,5,7,9-13,18H,4,6,8H2,1H3,(H,21,22)/t13-,18-/m1/s1. The van der Waals surface area contributed by atoms with E-state index in [1.54, 1.807) is 0 Å². The smallest absolute Gasteiger partial charge is 0.228 e. The zero-order valence-corrected chi connectivity index (χ0v) is 14.3. The van der Waals surface area contributed by atoms with E-state index in [2.05, 4.69) is 39.4 Å². The molecule has 0 fully saturated rings. The predicted octanol–water partition coefficient (Wildman–Crippen LogP) is 4.75. The Kier molecular flexibility index (Phi) is 4.63. The van der Waals surface area contributed by atoms with E-state index >= 15 is 0 Å². The summed E-state index contributed by atoms with van der Waals surface area (Å²) in [6.07, 6.45) is 3.11. The third-order valence-electron chi connectivity index (χ3n) is 4.41. The highest BCUT2D eigenvalue weighted by atomic mass is 79.9. The van der Waals surface area contributed by atoms with Crippen LogP contribution in [-0.4, -0.2) is 5.91 Å². The van der Waals surface area contributed by atoms with Gasteiger partial charge in [-0.2, -0.15) is 0 Å². The Morgan fingerprint density at radius 3 is 2.68 bits per heavy atom. The molecule has 0 unspecified atom stereocenters. The molecule has 2 nitrogen and oxygen atoms in total. The van der Waals surface area contributed by atoms with E-state index in [1.807, 2.05) is 37.3 Å². The quantitative estimate of drug-likeness (QED) is 0.843. The first-order chi connectivity index (χ1) is 10.6. The Morgan fingerprint density at radius 2 is 1.91 bits per heavy atom. The largest absolute Gasteiger partial charge is 0.349 e. The van der Waals surface area contributed by atoms with Crippen LogP contribution in [-0.2, 0) is 11.2 Å². The molecule has 0 bridgehead atoms. The maximum Gasteiger partial charge on any atom is 0.228 e. The topological polar surface area (TPSA) is 29.1 Å². The van der Waals surface area contributed by atoms with Gasteiger partial charge in [-0.1, -0.05) is 52.3 Å². The lowest BCUT2D eigenvalue weighted by Crippen LogP contribution is -2.33. The summed E-state index contributed by atoms with van der Waals surface area (Å²) >= 11 is 3.44. The summed E-state index contributed by atoms with van der Waals surface area (Å²) in [5, 5.41) is 3.17. The highest BCUT2D eigenvalue weighted by molar-refractivity contribution is 9.10. The van der Waals surface area contributed by atoms with E-state index in [1.165, 1.54) is 11.1 Å². The second kappa shape index (κ2) is 6.66. The van der Waals surface area contributed by atoms with Crippen LogP contribution in [0.15, 0.2) is 53.0 Å². The number of fused-ring (bicyclic) bond motifs is 1. The van der Waals surface area contributed by atoms with Crippen molar-refractivity contribution in [3.05, 3.63) is 69.7 Å². The van der Waals surface area contributed by atoms with Crippen LogP contribution in [0.5, 0.6) is 0 Å². The van der Waals surface area contributed by atoms with E-state index in [0.29, 0.717) is 0 Å². The average molecular weight is 358 g/mol. The van der Waals surface area contributed by atoms with Crippen molar-refractivity contribution in [3.8, 4) is 0 Å². The van der Waals surface area contributed by atoms with Gasteiger partial charge in [0.25, 0.3) is 0 Å². The third kappa shape index (κ3) is 3.25. The lowest BCUT2D eigenvalue weighted by atomic mass is 9.82. The molecule has 2 aromatic carbocycles. The highest BCUT2D eigenvalue weighted by Crippen LogP contribution is 2.32. The second-order valence-electron chi connectivity index (χ2n) is 5.93. The summed E-state index contributed by atoms with van der Waals surface area (Å²) in [7, 11) is 0. The van der Waals surface area contributed by atoms with Gasteiger partial charge in [0.05, 0.1) is 12.0 Å². The molecule has 1 N–H and O–H groups in total. The van der Waals surface area contributed by atoms with E-state index in [9.17, 15) is 4.79 Å². The van der Waals surface area contributed by atoms with Gasteiger partial charge in [0.1, 0.15) is 0 Å². The molecule has 1 amide bonds. The molecule has 3 heteroatoms. The molecule has 2 atom stereocenters. The van der Waals surface area contributed by atoms with Gasteiger partial charge in [-0.15, -0.1) is 0 Å². The molecular formula is C19H20BrNO. The van der Waals surface area contributed by atoms with Crippen molar-refractivity contribution in [2.45, 2.75) is 38.1 Å². The highest BCUT2D eigenvalue weighted by Gasteiger charge is 2.27. The number of nitrogens with one attached hydrogen (secondary N) is 1. The molecule has 0 saturated carbocycles. The van der Waals surface area contributed by atoms with Crippen molar-refractivity contribution < 1.29 is 4.79 Å². The Labute approximate surface area is 140 Å². The number of hydrogen-bond donors (Lipinski definition) is 1. The average Bonchev–Trinajstić information content (AvgIpc) is 2.54. The lowest BCUT2D eigenvalue weighted by molar-refractivity contribution is -0.123. The molecule has 0 saturated heterocycles. The molecule has 114 valence electrons. The first kappa shape index (κ1) is 15.3. The Balaban J connectivity index is 1.74. The van der Waals surface area contributed by atoms with Gasteiger partial charge < -0.3 is 5.32 Å². The summed E-state index contributed by atoms with van der Waals surface area (Å²) in [6.45, 7) is 2.04. The van der Waals surface area contributed by atoms with E-state index in [4.69, 9.17) is 0 Å². The fourth-order valence-corrected chi connectivity index (χ4v) is 3.44. The second-order valence-corrected chi connectivity index (χ2v) is 6.84. The molecule has 0 heterocycles. The molecule has 0 aliphatic heterocycles. The van der Waals surface area contributed by atoms with Gasteiger partial charge in [0, 0.05) is 4.47 Å². The number of rotatable bonds is 3. The van der Waals surface area contributed by atoms with Crippen LogP contribution in [0.1, 0.15) is 48.4 Å². The van der Waals surface area contributed by atoms with E-state index in [-0.39, 0.29) is 17.9 Å². The molecule has 2 aromatic rings. The van der Waals surface area contributed by atoms with E-state index in [0.717, 1.165) is 29.3 Å². The number of benzene rings is 2. The minimum absolute atomic E-state index is 0.0113. The Bertz CT molecular complexity index is 665. The zero-order valence-electron chi connectivity index (χ0n) is 12.7. The fourth-order valence-electron chi connectivity index (χ4n) is 3.18. The number of halogens is 1. The molecule has 22 heavy (non-hydrogen) atoms. The molecule has 0 spiro atoms. The number of amides is 1. The van der Waals surface area contributed by atoms with Crippen LogP contribution in [0.25, 0.3) is 0 Å². The van der Waals surface area contributed by atoms with Gasteiger partial charge in [0.15, 0.2) is 0 Å². The molecule has 3 rings (SSSR count). The van der Waals surface area contributed by atoms with Crippen molar-refractivity contribution in [1.82, 2.24) is 5.32 Å². The number of hydrogen-bond acceptors (Lipinski definition) is 1. The van der Waals surface area contributed by atoms with Crippen molar-refractivity contribution in [1.29, 1.82) is 0 Å². The zero-order chi connectivity index (χ0) is 15.5. The SMILES string of the molecule is C[C@@H](NC(=O)[C@@H]1CCCc2ccccc21)c1ccc(Br)cc1. The number of carbonyl (C=O) groups is 1. The fraction of sp³-hybridized carbons (Fsp3) is 0.316.